The van der Waals surface area contributed by atoms with E-state index in [1.54, 1.807) is 25.1 Å². The Morgan fingerprint density at radius 3 is 2.15 bits per heavy atom. The first-order chi connectivity index (χ1) is 19.5. The Morgan fingerprint density at radius 1 is 0.927 bits per heavy atom. The number of sulfonamides is 1. The van der Waals surface area contributed by atoms with Gasteiger partial charge in [-0.05, 0) is 74.4 Å². The molecule has 0 bridgehead atoms. The second-order valence-electron chi connectivity index (χ2n) is 9.50. The summed E-state index contributed by atoms with van der Waals surface area (Å²) in [4.78, 5) is 28.3. The molecule has 3 aromatic carbocycles. The Morgan fingerprint density at radius 2 is 1.56 bits per heavy atom. The van der Waals surface area contributed by atoms with E-state index in [2.05, 4.69) is 5.32 Å². The summed E-state index contributed by atoms with van der Waals surface area (Å²) in [5.41, 5.74) is 0.724. The molecule has 0 aliphatic heterocycles. The number of nitrogens with zero attached hydrogens (tertiary/aromatic N) is 2. The van der Waals surface area contributed by atoms with Gasteiger partial charge in [0.1, 0.15) is 29.9 Å². The molecule has 2 atom stereocenters. The lowest BCUT2D eigenvalue weighted by Gasteiger charge is -2.32. The summed E-state index contributed by atoms with van der Waals surface area (Å²) in [6.45, 7) is 4.67. The highest BCUT2D eigenvalue weighted by molar-refractivity contribution is 7.92. The zero-order valence-corrected chi connectivity index (χ0v) is 24.7. The fraction of sp³-hybridized carbons (Fsp3) is 0.333. The van der Waals surface area contributed by atoms with Crippen molar-refractivity contribution >= 4 is 27.5 Å². The van der Waals surface area contributed by atoms with Gasteiger partial charge >= 0.3 is 0 Å². The minimum atomic E-state index is -4.29. The highest BCUT2D eigenvalue weighted by Crippen LogP contribution is 2.33. The Balaban J connectivity index is 2.06. The van der Waals surface area contributed by atoms with E-state index in [0.29, 0.717) is 17.7 Å². The molecule has 0 saturated carbocycles. The van der Waals surface area contributed by atoms with Crippen LogP contribution in [0.4, 0.5) is 10.1 Å². The second-order valence-corrected chi connectivity index (χ2v) is 11.4. The van der Waals surface area contributed by atoms with Crippen LogP contribution < -0.4 is 19.1 Å². The predicted molar refractivity (Wildman–Crippen MR) is 155 cm³/mol. The van der Waals surface area contributed by atoms with Crippen LogP contribution in [0.15, 0.2) is 77.7 Å². The first-order valence-electron chi connectivity index (χ1n) is 13.2. The summed E-state index contributed by atoms with van der Waals surface area (Å²) >= 11 is 0. The van der Waals surface area contributed by atoms with Gasteiger partial charge in [-0.25, -0.2) is 12.8 Å². The van der Waals surface area contributed by atoms with Gasteiger partial charge in [-0.15, -0.1) is 0 Å². The van der Waals surface area contributed by atoms with Crippen molar-refractivity contribution < 1.29 is 31.9 Å². The highest BCUT2D eigenvalue weighted by atomic mass is 32.2. The zero-order chi connectivity index (χ0) is 30.2. The van der Waals surface area contributed by atoms with Gasteiger partial charge in [0, 0.05) is 12.6 Å². The van der Waals surface area contributed by atoms with E-state index in [1.165, 1.54) is 73.7 Å². The van der Waals surface area contributed by atoms with Gasteiger partial charge in [0.2, 0.25) is 11.8 Å². The molecule has 2 amide bonds. The van der Waals surface area contributed by atoms with Crippen molar-refractivity contribution in [3.63, 3.8) is 0 Å². The maximum Gasteiger partial charge on any atom is 0.264 e. The largest absolute Gasteiger partial charge is 0.497 e. The molecule has 0 fully saturated rings. The summed E-state index contributed by atoms with van der Waals surface area (Å²) < 4.78 is 53.1. The van der Waals surface area contributed by atoms with Crippen LogP contribution in [0.25, 0.3) is 0 Å². The van der Waals surface area contributed by atoms with Crippen molar-refractivity contribution in [2.24, 2.45) is 0 Å². The van der Waals surface area contributed by atoms with Crippen LogP contribution in [-0.4, -0.2) is 58.0 Å². The molecule has 41 heavy (non-hydrogen) atoms. The summed E-state index contributed by atoms with van der Waals surface area (Å²) in [6.07, 6.45) is 0.687. The van der Waals surface area contributed by atoms with E-state index in [0.717, 1.165) is 4.31 Å². The summed E-state index contributed by atoms with van der Waals surface area (Å²) in [5.74, 6) is -0.761. The quantitative estimate of drug-likeness (QED) is 0.320. The van der Waals surface area contributed by atoms with Crippen LogP contribution in [0.3, 0.4) is 0 Å². The zero-order valence-electron chi connectivity index (χ0n) is 23.8. The Bertz CT molecular complexity index is 1430. The maximum atomic E-state index is 14.0. The molecule has 3 aromatic rings. The first-order valence-corrected chi connectivity index (χ1v) is 14.6. The van der Waals surface area contributed by atoms with E-state index in [1.807, 2.05) is 13.8 Å². The Labute approximate surface area is 240 Å². The van der Waals surface area contributed by atoms with E-state index in [-0.39, 0.29) is 28.9 Å². The number of carbonyl (C=O) groups is 2. The number of halogens is 1. The van der Waals surface area contributed by atoms with Crippen LogP contribution in [0.5, 0.6) is 11.5 Å². The molecule has 0 saturated heterocycles. The van der Waals surface area contributed by atoms with Gasteiger partial charge < -0.3 is 19.7 Å². The lowest BCUT2D eigenvalue weighted by Crippen LogP contribution is -2.52. The number of methoxy groups -OCH3 is 2. The molecule has 11 heteroatoms. The van der Waals surface area contributed by atoms with Gasteiger partial charge in [0.15, 0.2) is 0 Å². The van der Waals surface area contributed by atoms with Crippen molar-refractivity contribution in [3.05, 3.63) is 84.2 Å². The Hall–Kier alpha value is -4.12. The average Bonchev–Trinajstić information content (AvgIpc) is 2.98. The molecule has 0 aromatic heterocycles. The highest BCUT2D eigenvalue weighted by Gasteiger charge is 2.34. The standard InChI is InChI=1S/C30H36FN3O6S/c1-6-21(2)32-30(36)22(3)33(19-23-11-13-24(31)14-12-23)29(35)20-34(27-9-7-8-10-28(27)40-5)41(37,38)26-17-15-25(39-4)16-18-26/h7-18,21-22H,6,19-20H2,1-5H3,(H,32,36)/t21-,22-/m0/s1. The van der Waals surface area contributed by atoms with E-state index >= 15 is 0 Å². The van der Waals surface area contributed by atoms with Crippen molar-refractivity contribution in [1.82, 2.24) is 10.2 Å². The van der Waals surface area contributed by atoms with Crippen LogP contribution in [0, 0.1) is 5.82 Å². The molecule has 9 nitrogen and oxygen atoms in total. The predicted octanol–water partition coefficient (Wildman–Crippen LogP) is 4.37. The molecule has 0 unspecified atom stereocenters. The summed E-state index contributed by atoms with van der Waals surface area (Å²) in [6, 6.07) is 16.7. The van der Waals surface area contributed by atoms with Gasteiger partial charge in [-0.3, -0.25) is 13.9 Å². The average molecular weight is 586 g/mol. The lowest BCUT2D eigenvalue weighted by molar-refractivity contribution is -0.139. The molecule has 0 heterocycles. The number of hydrogen-bond acceptors (Lipinski definition) is 6. The van der Waals surface area contributed by atoms with Gasteiger partial charge in [0.05, 0.1) is 24.8 Å². The number of hydrogen-bond donors (Lipinski definition) is 1. The summed E-state index contributed by atoms with van der Waals surface area (Å²) in [7, 11) is -1.41. The molecule has 3 rings (SSSR count). The topological polar surface area (TPSA) is 105 Å². The molecule has 220 valence electrons. The smallest absolute Gasteiger partial charge is 0.264 e. The van der Waals surface area contributed by atoms with Gasteiger partial charge in [-0.2, -0.15) is 0 Å². The summed E-state index contributed by atoms with van der Waals surface area (Å²) in [5, 5.41) is 2.87. The minimum Gasteiger partial charge on any atom is -0.497 e. The third kappa shape index (κ3) is 7.75. The third-order valence-electron chi connectivity index (χ3n) is 6.71. The van der Waals surface area contributed by atoms with Crippen LogP contribution in [-0.2, 0) is 26.2 Å². The van der Waals surface area contributed by atoms with Crippen molar-refractivity contribution in [2.45, 2.75) is 50.7 Å². The number of rotatable bonds is 13. The number of anilines is 1. The fourth-order valence-electron chi connectivity index (χ4n) is 4.06. The number of nitrogens with one attached hydrogen (secondary N) is 1. The molecular weight excluding hydrogens is 549 g/mol. The van der Waals surface area contributed by atoms with E-state index in [4.69, 9.17) is 9.47 Å². The normalized spacial score (nSPS) is 12.6. The van der Waals surface area contributed by atoms with Crippen LogP contribution in [0.1, 0.15) is 32.8 Å². The lowest BCUT2D eigenvalue weighted by atomic mass is 10.1. The molecule has 0 aliphatic rings. The Kier molecular flexibility index (Phi) is 10.7. The van der Waals surface area contributed by atoms with E-state index < -0.39 is 40.2 Å². The van der Waals surface area contributed by atoms with Crippen molar-refractivity contribution in [3.8, 4) is 11.5 Å². The minimum absolute atomic E-state index is 0.0451. The monoisotopic (exact) mass is 585 g/mol. The SMILES string of the molecule is CC[C@H](C)NC(=O)[C@H](C)N(Cc1ccc(F)cc1)C(=O)CN(c1ccccc1OC)S(=O)(=O)c1ccc(OC)cc1. The fourth-order valence-corrected chi connectivity index (χ4v) is 5.48. The molecule has 0 aliphatic carbocycles. The molecule has 1 N–H and O–H groups in total. The molecule has 0 spiro atoms. The van der Waals surface area contributed by atoms with Crippen molar-refractivity contribution in [1.29, 1.82) is 0 Å². The van der Waals surface area contributed by atoms with Gasteiger partial charge in [0.25, 0.3) is 10.0 Å². The number of amides is 2. The van der Waals surface area contributed by atoms with Crippen molar-refractivity contribution in [2.75, 3.05) is 25.1 Å². The second kappa shape index (κ2) is 14.0. The van der Waals surface area contributed by atoms with Gasteiger partial charge in [-0.1, -0.05) is 31.2 Å². The maximum absolute atomic E-state index is 14.0. The number of carbonyl (C=O) groups excluding carboxylic acids is 2. The van der Waals surface area contributed by atoms with Crippen LogP contribution in [0.2, 0.25) is 0 Å². The first kappa shape index (κ1) is 31.4. The van der Waals surface area contributed by atoms with Crippen LogP contribution >= 0.6 is 0 Å². The number of para-hydroxylation sites is 2. The third-order valence-corrected chi connectivity index (χ3v) is 8.49. The van der Waals surface area contributed by atoms with E-state index in [9.17, 15) is 22.4 Å². The number of ether oxygens (including phenoxy) is 2. The number of benzene rings is 3. The molecule has 0 radical (unpaired) electrons. The molecular formula is C30H36FN3O6S.